The number of nitriles is 1. The molecular formula is C23H19FIN3O4. The molecule has 1 heterocycles. The Kier molecular flexibility index (Phi) is 6.84. The zero-order chi connectivity index (χ0) is 23.6. The Labute approximate surface area is 198 Å². The molecule has 1 aliphatic rings. The Hall–Kier alpha value is -3.39. The highest BCUT2D eigenvalue weighted by atomic mass is 127. The van der Waals surface area contributed by atoms with Gasteiger partial charge in [-0.05, 0) is 47.2 Å². The van der Waals surface area contributed by atoms with Gasteiger partial charge in [0.2, 0.25) is 0 Å². The van der Waals surface area contributed by atoms with Crippen molar-refractivity contribution in [3.05, 3.63) is 85.6 Å². The summed E-state index contributed by atoms with van der Waals surface area (Å²) in [7, 11) is 2.34. The highest BCUT2D eigenvalue weighted by molar-refractivity contribution is 14.1. The van der Waals surface area contributed by atoms with Gasteiger partial charge < -0.3 is 15.2 Å². The van der Waals surface area contributed by atoms with Gasteiger partial charge in [-0.3, -0.25) is 4.90 Å². The molecular weight excluding hydrogens is 528 g/mol. The number of halogens is 2. The molecule has 2 aromatic rings. The summed E-state index contributed by atoms with van der Waals surface area (Å²) < 4.78 is 24.5. The highest BCUT2D eigenvalue weighted by Crippen LogP contribution is 2.44. The van der Waals surface area contributed by atoms with Gasteiger partial charge >= 0.3 is 11.9 Å². The minimum Gasteiger partial charge on any atom is -0.466 e. The van der Waals surface area contributed by atoms with Gasteiger partial charge in [0.25, 0.3) is 0 Å². The van der Waals surface area contributed by atoms with E-state index in [2.05, 4.69) is 6.07 Å². The Morgan fingerprint density at radius 1 is 1.12 bits per heavy atom. The van der Waals surface area contributed by atoms with Crippen LogP contribution < -0.4 is 10.6 Å². The third kappa shape index (κ3) is 3.82. The minimum absolute atomic E-state index is 0.0435. The number of anilines is 1. The van der Waals surface area contributed by atoms with E-state index >= 15 is 0 Å². The monoisotopic (exact) mass is 547 g/mol. The first-order valence-electron chi connectivity index (χ1n) is 9.38. The minimum atomic E-state index is -0.960. The number of nitrogens with two attached hydrogens (primary N) is 1. The maximum Gasteiger partial charge on any atom is 0.355 e. The van der Waals surface area contributed by atoms with E-state index in [1.54, 1.807) is 37.3 Å². The van der Waals surface area contributed by atoms with Crippen molar-refractivity contribution in [1.82, 2.24) is 0 Å². The van der Waals surface area contributed by atoms with Crippen LogP contribution in [0.1, 0.15) is 17.0 Å². The normalized spacial score (nSPS) is 16.0. The molecule has 9 heteroatoms. The maximum absolute atomic E-state index is 14.1. The molecule has 0 aliphatic carbocycles. The number of nitrogens with zero attached hydrogens (tertiary/aromatic N) is 2. The maximum atomic E-state index is 14.1. The number of allylic oxidation sites excluding steroid dienone is 1. The van der Waals surface area contributed by atoms with Crippen molar-refractivity contribution in [3.8, 4) is 6.07 Å². The highest BCUT2D eigenvalue weighted by Gasteiger charge is 2.43. The van der Waals surface area contributed by atoms with E-state index in [0.717, 1.165) is 0 Å². The van der Waals surface area contributed by atoms with Crippen molar-refractivity contribution in [1.29, 1.82) is 5.26 Å². The second kappa shape index (κ2) is 9.40. The molecule has 0 radical (unpaired) electrons. The lowest BCUT2D eigenvalue weighted by molar-refractivity contribution is -0.139. The average molecular weight is 547 g/mol. The number of esters is 2. The van der Waals surface area contributed by atoms with Crippen molar-refractivity contribution in [2.45, 2.75) is 12.8 Å². The van der Waals surface area contributed by atoms with Gasteiger partial charge in [-0.2, -0.15) is 5.26 Å². The smallest absolute Gasteiger partial charge is 0.355 e. The molecule has 0 spiro atoms. The molecule has 0 bridgehead atoms. The number of methoxy groups -OCH3 is 2. The molecule has 2 N–H and O–H groups in total. The summed E-state index contributed by atoms with van der Waals surface area (Å²) in [6, 6.07) is 13.4. The Morgan fingerprint density at radius 3 is 2.31 bits per heavy atom. The lowest BCUT2D eigenvalue weighted by Crippen LogP contribution is -2.41. The third-order valence-corrected chi connectivity index (χ3v) is 6.51. The predicted molar refractivity (Wildman–Crippen MR) is 123 cm³/mol. The molecule has 0 saturated heterocycles. The zero-order valence-electron chi connectivity index (χ0n) is 17.5. The Balaban J connectivity index is 2.46. The predicted octanol–water partition coefficient (Wildman–Crippen LogP) is 3.64. The fourth-order valence-electron chi connectivity index (χ4n) is 3.58. The van der Waals surface area contributed by atoms with Gasteiger partial charge in [-0.15, -0.1) is 0 Å². The van der Waals surface area contributed by atoms with Gasteiger partial charge in [-0.1, -0.05) is 30.3 Å². The van der Waals surface area contributed by atoms with Crippen LogP contribution in [-0.2, 0) is 19.1 Å². The Bertz CT molecular complexity index is 1200. The molecule has 1 unspecified atom stereocenters. The second-order valence-electron chi connectivity index (χ2n) is 6.84. The standard InChI is InChI=1S/C23H19FIN3O4/c1-12-15(24)9-10-16(19(12)25)28-20(23(30)32-3)18(22(29)31-2)17(14(11-26)21(28)27)13-7-5-4-6-8-13/h4-10,17H,27H2,1-3H3. The summed E-state index contributed by atoms with van der Waals surface area (Å²) in [5.41, 5.74) is 7.38. The SMILES string of the molecule is COC(=O)C1=C(C(=O)OC)N(c2ccc(F)c(C)c2I)C(N)=C(C#N)C1c1ccccc1. The van der Waals surface area contributed by atoms with Gasteiger partial charge in [0.15, 0.2) is 0 Å². The molecule has 1 aliphatic heterocycles. The van der Waals surface area contributed by atoms with E-state index in [-0.39, 0.29) is 22.7 Å². The van der Waals surface area contributed by atoms with Crippen LogP contribution in [0.4, 0.5) is 10.1 Å². The van der Waals surface area contributed by atoms with Gasteiger partial charge in [0.05, 0.1) is 43.0 Å². The fourth-order valence-corrected chi connectivity index (χ4v) is 4.26. The fraction of sp³-hybridized carbons (Fsp3) is 0.174. The first-order chi connectivity index (χ1) is 15.3. The van der Waals surface area contributed by atoms with Crippen LogP contribution >= 0.6 is 22.6 Å². The molecule has 3 rings (SSSR count). The molecule has 0 saturated carbocycles. The summed E-state index contributed by atoms with van der Waals surface area (Å²) in [6.45, 7) is 1.57. The molecule has 0 amide bonds. The summed E-state index contributed by atoms with van der Waals surface area (Å²) in [5, 5.41) is 10.0. The summed E-state index contributed by atoms with van der Waals surface area (Å²) in [5.74, 6) is -3.16. The lowest BCUT2D eigenvalue weighted by Gasteiger charge is -2.36. The number of hydrogen-bond donors (Lipinski definition) is 1. The van der Waals surface area contributed by atoms with E-state index in [4.69, 9.17) is 15.2 Å². The van der Waals surface area contributed by atoms with Crippen molar-refractivity contribution < 1.29 is 23.5 Å². The molecule has 0 aromatic heterocycles. The number of ether oxygens (including phenoxy) is 2. The van der Waals surface area contributed by atoms with E-state index in [1.807, 2.05) is 22.6 Å². The summed E-state index contributed by atoms with van der Waals surface area (Å²) in [6.07, 6.45) is 0. The lowest BCUT2D eigenvalue weighted by atomic mass is 9.81. The first-order valence-corrected chi connectivity index (χ1v) is 10.5. The van der Waals surface area contributed by atoms with Gasteiger partial charge in [0.1, 0.15) is 17.3 Å². The first kappa shape index (κ1) is 23.3. The number of benzene rings is 2. The number of rotatable bonds is 4. The van der Waals surface area contributed by atoms with E-state index < -0.39 is 23.7 Å². The van der Waals surface area contributed by atoms with Crippen LogP contribution in [0.15, 0.2) is 65.1 Å². The molecule has 0 fully saturated rings. The quantitative estimate of drug-likeness (QED) is 0.461. The number of carbonyl (C=O) groups excluding carboxylic acids is 2. The Morgan fingerprint density at radius 2 is 1.75 bits per heavy atom. The molecule has 7 nitrogen and oxygen atoms in total. The third-order valence-electron chi connectivity index (χ3n) is 5.15. The molecule has 164 valence electrons. The van der Waals surface area contributed by atoms with Gasteiger partial charge in [-0.25, -0.2) is 14.0 Å². The number of hydrogen-bond acceptors (Lipinski definition) is 7. The van der Waals surface area contributed by atoms with Crippen molar-refractivity contribution in [3.63, 3.8) is 0 Å². The average Bonchev–Trinajstić information content (AvgIpc) is 2.81. The molecule has 32 heavy (non-hydrogen) atoms. The molecule has 2 aromatic carbocycles. The van der Waals surface area contributed by atoms with Crippen molar-refractivity contribution in [2.75, 3.05) is 19.1 Å². The van der Waals surface area contributed by atoms with Crippen molar-refractivity contribution in [2.24, 2.45) is 5.73 Å². The van der Waals surface area contributed by atoms with Crippen LogP contribution in [0, 0.1) is 27.6 Å². The van der Waals surface area contributed by atoms with Gasteiger partial charge in [0, 0.05) is 9.13 Å². The van der Waals surface area contributed by atoms with E-state index in [0.29, 0.717) is 20.4 Å². The van der Waals surface area contributed by atoms with Crippen LogP contribution in [0.5, 0.6) is 0 Å². The molecule has 1 atom stereocenters. The van der Waals surface area contributed by atoms with Crippen LogP contribution in [-0.4, -0.2) is 26.2 Å². The summed E-state index contributed by atoms with van der Waals surface area (Å²) in [4.78, 5) is 27.2. The van der Waals surface area contributed by atoms with Crippen LogP contribution in [0.3, 0.4) is 0 Å². The second-order valence-corrected chi connectivity index (χ2v) is 7.92. The van der Waals surface area contributed by atoms with Crippen molar-refractivity contribution >= 4 is 40.2 Å². The largest absolute Gasteiger partial charge is 0.466 e. The van der Waals surface area contributed by atoms with E-state index in [1.165, 1.54) is 31.3 Å². The zero-order valence-corrected chi connectivity index (χ0v) is 19.6. The summed E-state index contributed by atoms with van der Waals surface area (Å²) >= 11 is 1.92. The van der Waals surface area contributed by atoms with Crippen LogP contribution in [0.2, 0.25) is 0 Å². The topological polar surface area (TPSA) is 106 Å². The number of carbonyl (C=O) groups is 2. The van der Waals surface area contributed by atoms with Crippen LogP contribution in [0.25, 0.3) is 0 Å². The van der Waals surface area contributed by atoms with E-state index in [9.17, 15) is 19.2 Å².